The Bertz CT molecular complexity index is 196. The van der Waals surface area contributed by atoms with Gasteiger partial charge in [0, 0.05) is 5.16 Å². The number of rotatable bonds is 1. The number of hydrogen-bond acceptors (Lipinski definition) is 1. The number of allylic oxidation sites excluding steroid dienone is 2. The Balaban J connectivity index is 2.85. The molecule has 0 spiro atoms. The van der Waals surface area contributed by atoms with Crippen LogP contribution in [0.3, 0.4) is 0 Å². The van der Waals surface area contributed by atoms with Gasteiger partial charge in [-0.05, 0) is 5.92 Å². The second-order valence-electron chi connectivity index (χ2n) is 3.34. The summed E-state index contributed by atoms with van der Waals surface area (Å²) in [5.74, 6) is 0.434. The summed E-state index contributed by atoms with van der Waals surface area (Å²) >= 11 is 0. The average molecular weight is 170 g/mol. The Kier molecular flexibility index (Phi) is 2.51. The molecule has 1 aliphatic carbocycles. The van der Waals surface area contributed by atoms with Crippen LogP contribution in [-0.2, 0) is 0 Å². The van der Waals surface area contributed by atoms with E-state index >= 15 is 0 Å². The van der Waals surface area contributed by atoms with Crippen molar-refractivity contribution in [1.29, 1.82) is 0 Å². The van der Waals surface area contributed by atoms with Crippen molar-refractivity contribution >= 4 is 9.24 Å². The molecule has 1 aliphatic rings. The fourth-order valence-electron chi connectivity index (χ4n) is 1.19. The Hall–Kier alpha value is -0.130. The molecule has 3 unspecified atom stereocenters. The highest BCUT2D eigenvalue weighted by Crippen LogP contribution is 2.35. The lowest BCUT2D eigenvalue weighted by Crippen LogP contribution is -2.39. The van der Waals surface area contributed by atoms with Gasteiger partial charge in [-0.25, -0.2) is 0 Å². The molecular formula is C9H15OP. The topological polar surface area (TPSA) is 20.2 Å². The van der Waals surface area contributed by atoms with Crippen molar-refractivity contribution < 1.29 is 5.11 Å². The molecule has 0 aromatic carbocycles. The SMILES string of the molecule is CC(C)C1(P)C=CC=CC1O. The second-order valence-corrected chi connectivity index (χ2v) is 4.34. The fourth-order valence-corrected chi connectivity index (χ4v) is 1.41. The minimum atomic E-state index is -0.363. The zero-order chi connectivity index (χ0) is 8.48. The molecule has 0 amide bonds. The first-order valence-corrected chi connectivity index (χ1v) is 4.48. The van der Waals surface area contributed by atoms with Gasteiger partial charge in [0.25, 0.3) is 0 Å². The van der Waals surface area contributed by atoms with Crippen LogP contribution in [0.15, 0.2) is 24.3 Å². The van der Waals surface area contributed by atoms with Crippen LogP contribution in [0.1, 0.15) is 13.8 Å². The summed E-state index contributed by atoms with van der Waals surface area (Å²) in [7, 11) is 2.73. The smallest absolute Gasteiger partial charge is 0.0851 e. The van der Waals surface area contributed by atoms with Gasteiger partial charge in [-0.15, -0.1) is 9.24 Å². The summed E-state index contributed by atoms with van der Waals surface area (Å²) in [5, 5.41) is 9.48. The number of aliphatic hydroxyl groups excluding tert-OH is 1. The molecule has 1 rings (SSSR count). The zero-order valence-corrected chi connectivity index (χ0v) is 8.14. The average Bonchev–Trinajstić information content (AvgIpc) is 1.95. The van der Waals surface area contributed by atoms with Crippen LogP contribution < -0.4 is 0 Å². The largest absolute Gasteiger partial charge is 0.388 e. The number of aliphatic hydroxyl groups is 1. The molecule has 62 valence electrons. The fraction of sp³-hybridized carbons (Fsp3) is 0.556. The molecule has 0 saturated carbocycles. The van der Waals surface area contributed by atoms with E-state index in [0.29, 0.717) is 5.92 Å². The summed E-state index contributed by atoms with van der Waals surface area (Å²) in [5.41, 5.74) is 0. The van der Waals surface area contributed by atoms with E-state index in [1.807, 2.05) is 24.3 Å². The molecular weight excluding hydrogens is 155 g/mol. The summed E-state index contributed by atoms with van der Waals surface area (Å²) in [6.07, 6.45) is 7.38. The monoisotopic (exact) mass is 170 g/mol. The van der Waals surface area contributed by atoms with Gasteiger partial charge in [-0.2, -0.15) is 0 Å². The van der Waals surface area contributed by atoms with E-state index in [1.165, 1.54) is 0 Å². The summed E-state index contributed by atoms with van der Waals surface area (Å²) < 4.78 is 0. The van der Waals surface area contributed by atoms with E-state index < -0.39 is 0 Å². The molecule has 3 atom stereocenters. The minimum Gasteiger partial charge on any atom is -0.388 e. The molecule has 0 heterocycles. The third-order valence-corrected chi connectivity index (χ3v) is 3.50. The maximum Gasteiger partial charge on any atom is 0.0851 e. The van der Waals surface area contributed by atoms with Gasteiger partial charge in [-0.3, -0.25) is 0 Å². The molecule has 0 aromatic heterocycles. The second kappa shape index (κ2) is 3.08. The van der Waals surface area contributed by atoms with Crippen molar-refractivity contribution in [1.82, 2.24) is 0 Å². The highest BCUT2D eigenvalue weighted by molar-refractivity contribution is 7.19. The first-order chi connectivity index (χ1) is 5.07. The van der Waals surface area contributed by atoms with E-state index in [1.54, 1.807) is 0 Å². The molecule has 0 aromatic rings. The van der Waals surface area contributed by atoms with Gasteiger partial charge < -0.3 is 5.11 Å². The molecule has 0 bridgehead atoms. The van der Waals surface area contributed by atoms with E-state index in [4.69, 9.17) is 0 Å². The molecule has 0 radical (unpaired) electrons. The van der Waals surface area contributed by atoms with Gasteiger partial charge in [0.1, 0.15) is 0 Å². The Morgan fingerprint density at radius 2 is 2.09 bits per heavy atom. The van der Waals surface area contributed by atoms with Gasteiger partial charge in [-0.1, -0.05) is 38.2 Å². The summed E-state index contributed by atoms with van der Waals surface area (Å²) in [4.78, 5) is 0. The standard InChI is InChI=1S/C9H15OP/c1-7(2)9(11)6-4-3-5-8(9)10/h3-8,10H,11H2,1-2H3. The quantitative estimate of drug-likeness (QED) is 0.594. The Morgan fingerprint density at radius 3 is 2.45 bits per heavy atom. The molecule has 1 nitrogen and oxygen atoms in total. The van der Waals surface area contributed by atoms with Crippen molar-refractivity contribution in [2.45, 2.75) is 25.1 Å². The van der Waals surface area contributed by atoms with Crippen LogP contribution in [0.5, 0.6) is 0 Å². The van der Waals surface area contributed by atoms with Crippen LogP contribution in [-0.4, -0.2) is 16.4 Å². The minimum absolute atomic E-state index is 0.158. The van der Waals surface area contributed by atoms with Crippen molar-refractivity contribution in [3.05, 3.63) is 24.3 Å². The van der Waals surface area contributed by atoms with E-state index in [9.17, 15) is 5.11 Å². The third-order valence-electron chi connectivity index (χ3n) is 2.30. The molecule has 0 saturated heterocycles. The molecule has 0 fully saturated rings. The highest BCUT2D eigenvalue weighted by atomic mass is 31.0. The predicted octanol–water partition coefficient (Wildman–Crippen LogP) is 1.74. The van der Waals surface area contributed by atoms with Crippen molar-refractivity contribution in [2.24, 2.45) is 5.92 Å². The lowest BCUT2D eigenvalue weighted by molar-refractivity contribution is 0.168. The maximum absolute atomic E-state index is 9.64. The van der Waals surface area contributed by atoms with Crippen LogP contribution in [0, 0.1) is 5.92 Å². The van der Waals surface area contributed by atoms with Crippen molar-refractivity contribution in [3.8, 4) is 0 Å². The normalized spacial score (nSPS) is 36.6. The van der Waals surface area contributed by atoms with Gasteiger partial charge in [0.2, 0.25) is 0 Å². The zero-order valence-electron chi connectivity index (χ0n) is 6.99. The van der Waals surface area contributed by atoms with Gasteiger partial charge in [0.15, 0.2) is 0 Å². The lowest BCUT2D eigenvalue weighted by Gasteiger charge is -2.35. The van der Waals surface area contributed by atoms with Crippen LogP contribution >= 0.6 is 9.24 Å². The van der Waals surface area contributed by atoms with Gasteiger partial charge in [0.05, 0.1) is 6.10 Å². The Morgan fingerprint density at radius 1 is 1.45 bits per heavy atom. The van der Waals surface area contributed by atoms with Crippen LogP contribution in [0.4, 0.5) is 0 Å². The molecule has 0 aliphatic heterocycles. The predicted molar refractivity (Wildman–Crippen MR) is 51.6 cm³/mol. The van der Waals surface area contributed by atoms with E-state index in [-0.39, 0.29) is 11.3 Å². The Labute approximate surface area is 70.4 Å². The highest BCUT2D eigenvalue weighted by Gasteiger charge is 2.33. The van der Waals surface area contributed by atoms with Crippen molar-refractivity contribution in [3.63, 3.8) is 0 Å². The van der Waals surface area contributed by atoms with Crippen LogP contribution in [0.2, 0.25) is 0 Å². The third kappa shape index (κ3) is 1.55. The molecule has 1 N–H and O–H groups in total. The summed E-state index contributed by atoms with van der Waals surface area (Å²) in [6, 6.07) is 0. The van der Waals surface area contributed by atoms with Gasteiger partial charge >= 0.3 is 0 Å². The first-order valence-electron chi connectivity index (χ1n) is 3.90. The van der Waals surface area contributed by atoms with Crippen LogP contribution in [0.25, 0.3) is 0 Å². The number of hydrogen-bond donors (Lipinski definition) is 1. The summed E-state index contributed by atoms with van der Waals surface area (Å²) in [6.45, 7) is 4.22. The lowest BCUT2D eigenvalue weighted by atomic mass is 9.86. The maximum atomic E-state index is 9.64. The first kappa shape index (κ1) is 8.96. The van der Waals surface area contributed by atoms with E-state index in [2.05, 4.69) is 23.1 Å². The van der Waals surface area contributed by atoms with Crippen molar-refractivity contribution in [2.75, 3.05) is 0 Å². The molecule has 2 heteroatoms. The molecule has 11 heavy (non-hydrogen) atoms. The van der Waals surface area contributed by atoms with E-state index in [0.717, 1.165) is 0 Å².